The van der Waals surface area contributed by atoms with Crippen molar-refractivity contribution in [1.29, 1.82) is 0 Å². The van der Waals surface area contributed by atoms with E-state index < -0.39 is 11.9 Å². The summed E-state index contributed by atoms with van der Waals surface area (Å²) in [6.45, 7) is -0.250. The topological polar surface area (TPSA) is 104 Å². The fraction of sp³-hybridized carbons (Fsp3) is 0.429. The summed E-state index contributed by atoms with van der Waals surface area (Å²) >= 11 is 0. The number of aliphatic hydroxyl groups excluding tert-OH is 2. The predicted molar refractivity (Wildman–Crippen MR) is 43.0 cm³/mol. The Bertz CT molecular complexity index is 172. The number of carbonyl (C=O) groups is 2. The van der Waals surface area contributed by atoms with Gasteiger partial charge in [0.05, 0.1) is 20.3 Å². The van der Waals surface area contributed by atoms with Gasteiger partial charge < -0.3 is 20.1 Å². The van der Waals surface area contributed by atoms with E-state index in [9.17, 15) is 9.59 Å². The standard InChI is InChI=1S/C5H6O4.C2H6O2/c1-9-5(8)3-2-4(6)7;3-1-2-4/h2-3H,1H3,(H,6,7);3-4H,1-2H2/b3-2-;. The number of ether oxygens (including phenoxy) is 1. The molecule has 0 aliphatic carbocycles. The normalized spacial score (nSPS) is 8.85. The van der Waals surface area contributed by atoms with Crippen LogP contribution in [0.2, 0.25) is 0 Å². The van der Waals surface area contributed by atoms with Crippen molar-refractivity contribution >= 4 is 11.9 Å². The van der Waals surface area contributed by atoms with Crippen molar-refractivity contribution in [2.75, 3.05) is 20.3 Å². The van der Waals surface area contributed by atoms with Gasteiger partial charge in [-0.15, -0.1) is 0 Å². The average molecular weight is 192 g/mol. The summed E-state index contributed by atoms with van der Waals surface area (Å²) in [5.74, 6) is -1.84. The van der Waals surface area contributed by atoms with E-state index in [0.717, 1.165) is 6.08 Å². The molecular formula is C7H12O6. The minimum absolute atomic E-state index is 0.125. The van der Waals surface area contributed by atoms with Crippen molar-refractivity contribution < 1.29 is 29.6 Å². The third-order valence-electron chi connectivity index (χ3n) is 0.663. The first-order valence-electron chi connectivity index (χ1n) is 3.29. The third kappa shape index (κ3) is 18.0. The van der Waals surface area contributed by atoms with Crippen molar-refractivity contribution in [3.8, 4) is 0 Å². The highest BCUT2D eigenvalue weighted by atomic mass is 16.5. The zero-order valence-electron chi connectivity index (χ0n) is 7.14. The molecule has 0 unspecified atom stereocenters. The lowest BCUT2D eigenvalue weighted by molar-refractivity contribution is -0.136. The Morgan fingerprint density at radius 1 is 1.23 bits per heavy atom. The molecule has 6 heteroatoms. The molecule has 0 heterocycles. The first-order valence-corrected chi connectivity index (χ1v) is 3.29. The van der Waals surface area contributed by atoms with Crippen LogP contribution in [0.4, 0.5) is 0 Å². The van der Waals surface area contributed by atoms with Gasteiger partial charge in [-0.3, -0.25) is 0 Å². The van der Waals surface area contributed by atoms with E-state index in [1.54, 1.807) is 0 Å². The summed E-state index contributed by atoms with van der Waals surface area (Å²) < 4.78 is 4.11. The molecule has 0 atom stereocenters. The van der Waals surface area contributed by atoms with Crippen molar-refractivity contribution in [2.45, 2.75) is 0 Å². The van der Waals surface area contributed by atoms with Crippen LogP contribution in [0.5, 0.6) is 0 Å². The van der Waals surface area contributed by atoms with Crippen molar-refractivity contribution in [3.05, 3.63) is 12.2 Å². The number of esters is 1. The molecule has 0 saturated carbocycles. The first kappa shape index (κ1) is 14.1. The third-order valence-corrected chi connectivity index (χ3v) is 0.663. The molecule has 13 heavy (non-hydrogen) atoms. The summed E-state index contributed by atoms with van der Waals surface area (Å²) in [6, 6.07) is 0. The summed E-state index contributed by atoms with van der Waals surface area (Å²) in [5, 5.41) is 23.2. The molecule has 0 aromatic rings. The molecule has 0 bridgehead atoms. The lowest BCUT2D eigenvalue weighted by Crippen LogP contribution is -1.96. The zero-order valence-corrected chi connectivity index (χ0v) is 7.14. The molecule has 0 fully saturated rings. The Kier molecular flexibility index (Phi) is 11.5. The highest BCUT2D eigenvalue weighted by Gasteiger charge is 1.91. The molecule has 0 spiro atoms. The molecule has 3 N–H and O–H groups in total. The van der Waals surface area contributed by atoms with Gasteiger partial charge in [-0.1, -0.05) is 0 Å². The Labute approximate surface area is 75.1 Å². The van der Waals surface area contributed by atoms with Crippen molar-refractivity contribution in [3.63, 3.8) is 0 Å². The minimum Gasteiger partial charge on any atom is -0.478 e. The molecule has 0 aliphatic heterocycles. The highest BCUT2D eigenvalue weighted by molar-refractivity contribution is 5.90. The molecule has 0 saturated heterocycles. The summed E-state index contributed by atoms with van der Waals surface area (Å²) in [4.78, 5) is 19.9. The lowest BCUT2D eigenvalue weighted by atomic mass is 10.5. The molecule has 76 valence electrons. The predicted octanol–water partition coefficient (Wildman–Crippen LogP) is -1.23. The van der Waals surface area contributed by atoms with Crippen LogP contribution in [-0.4, -0.2) is 47.6 Å². The van der Waals surface area contributed by atoms with Crippen LogP contribution in [0.3, 0.4) is 0 Å². The Balaban J connectivity index is 0. The summed E-state index contributed by atoms with van der Waals surface area (Å²) in [7, 11) is 1.18. The molecular weight excluding hydrogens is 180 g/mol. The molecule has 0 rings (SSSR count). The van der Waals surface area contributed by atoms with Gasteiger partial charge in [0.2, 0.25) is 0 Å². The number of carboxylic acid groups (broad SMARTS) is 1. The van der Waals surface area contributed by atoms with E-state index >= 15 is 0 Å². The number of carbonyl (C=O) groups excluding carboxylic acids is 1. The second kappa shape index (κ2) is 10.6. The first-order chi connectivity index (χ1) is 6.08. The van der Waals surface area contributed by atoms with Crippen LogP contribution in [0.1, 0.15) is 0 Å². The van der Waals surface area contributed by atoms with Gasteiger partial charge in [0.15, 0.2) is 0 Å². The Hall–Kier alpha value is -1.40. The van der Waals surface area contributed by atoms with Gasteiger partial charge in [-0.05, 0) is 0 Å². The molecule has 0 aromatic heterocycles. The number of aliphatic carboxylic acids is 1. The van der Waals surface area contributed by atoms with Gasteiger partial charge in [0.25, 0.3) is 0 Å². The van der Waals surface area contributed by atoms with Gasteiger partial charge >= 0.3 is 11.9 Å². The molecule has 6 nitrogen and oxygen atoms in total. The Morgan fingerprint density at radius 2 is 1.69 bits per heavy atom. The number of carboxylic acids is 1. The maximum Gasteiger partial charge on any atom is 0.330 e. The van der Waals surface area contributed by atoms with Crippen LogP contribution in [0.25, 0.3) is 0 Å². The number of hydrogen-bond acceptors (Lipinski definition) is 5. The smallest absolute Gasteiger partial charge is 0.330 e. The second-order valence-corrected chi connectivity index (χ2v) is 1.64. The highest BCUT2D eigenvalue weighted by Crippen LogP contribution is 1.76. The van der Waals surface area contributed by atoms with Gasteiger partial charge in [0.1, 0.15) is 0 Å². The molecule has 0 amide bonds. The van der Waals surface area contributed by atoms with E-state index in [0.29, 0.717) is 6.08 Å². The summed E-state index contributed by atoms with van der Waals surface area (Å²) in [5.41, 5.74) is 0. The number of hydrogen-bond donors (Lipinski definition) is 3. The van der Waals surface area contributed by atoms with Gasteiger partial charge in [-0.25, -0.2) is 9.59 Å². The van der Waals surface area contributed by atoms with E-state index in [1.807, 2.05) is 0 Å². The maximum absolute atomic E-state index is 10.1. The minimum atomic E-state index is -1.17. The van der Waals surface area contributed by atoms with Crippen LogP contribution < -0.4 is 0 Å². The van der Waals surface area contributed by atoms with E-state index in [-0.39, 0.29) is 13.2 Å². The van der Waals surface area contributed by atoms with Crippen molar-refractivity contribution in [1.82, 2.24) is 0 Å². The number of methoxy groups -OCH3 is 1. The van der Waals surface area contributed by atoms with E-state index in [2.05, 4.69) is 4.74 Å². The van der Waals surface area contributed by atoms with Crippen LogP contribution >= 0.6 is 0 Å². The molecule has 0 aromatic carbocycles. The number of rotatable bonds is 3. The SMILES string of the molecule is COC(=O)/C=C\C(=O)O.OCCO. The van der Waals surface area contributed by atoms with Crippen LogP contribution in [-0.2, 0) is 14.3 Å². The fourth-order valence-electron chi connectivity index (χ4n) is 0.207. The number of aliphatic hydroxyl groups is 2. The van der Waals surface area contributed by atoms with E-state index in [1.165, 1.54) is 7.11 Å². The summed E-state index contributed by atoms with van der Waals surface area (Å²) in [6.07, 6.45) is 1.55. The lowest BCUT2D eigenvalue weighted by Gasteiger charge is -1.85. The second-order valence-electron chi connectivity index (χ2n) is 1.64. The average Bonchev–Trinajstić information content (AvgIpc) is 2.14. The monoisotopic (exact) mass is 192 g/mol. The zero-order chi connectivity index (χ0) is 10.7. The van der Waals surface area contributed by atoms with Crippen molar-refractivity contribution in [2.24, 2.45) is 0 Å². The van der Waals surface area contributed by atoms with E-state index in [4.69, 9.17) is 15.3 Å². The quantitative estimate of drug-likeness (QED) is 0.382. The largest absolute Gasteiger partial charge is 0.478 e. The fourth-order valence-corrected chi connectivity index (χ4v) is 0.207. The van der Waals surface area contributed by atoms with Crippen LogP contribution in [0, 0.1) is 0 Å². The Morgan fingerprint density at radius 3 is 1.92 bits per heavy atom. The maximum atomic E-state index is 10.1. The van der Waals surface area contributed by atoms with Gasteiger partial charge in [-0.2, -0.15) is 0 Å². The molecule has 0 aliphatic rings. The molecule has 0 radical (unpaired) electrons. The van der Waals surface area contributed by atoms with Crippen LogP contribution in [0.15, 0.2) is 12.2 Å². The van der Waals surface area contributed by atoms with Gasteiger partial charge in [0, 0.05) is 12.2 Å².